The van der Waals surface area contributed by atoms with E-state index in [9.17, 15) is 0 Å². The maximum absolute atomic E-state index is 2.64. The van der Waals surface area contributed by atoms with Crippen LogP contribution in [0.15, 0.2) is 152 Å². The van der Waals surface area contributed by atoms with E-state index in [4.69, 9.17) is 0 Å². The van der Waals surface area contributed by atoms with Gasteiger partial charge in [-0.2, -0.15) is 21.9 Å². The molecule has 0 aliphatic carbocycles. The van der Waals surface area contributed by atoms with Crippen LogP contribution in [0.2, 0.25) is 0 Å². The van der Waals surface area contributed by atoms with Crippen LogP contribution in [0.1, 0.15) is 37.7 Å². The van der Waals surface area contributed by atoms with Crippen LogP contribution in [0.4, 0.5) is 0 Å². The van der Waals surface area contributed by atoms with Gasteiger partial charge in [-0.15, -0.1) is 0 Å². The average molecular weight is 563 g/mol. The van der Waals surface area contributed by atoms with Gasteiger partial charge in [-0.25, -0.2) is 0 Å². The molecule has 7 rings (SSSR count). The van der Waals surface area contributed by atoms with Crippen LogP contribution < -0.4 is 21.9 Å². The second-order valence-corrected chi connectivity index (χ2v) is 12.0. The molecule has 1 saturated heterocycles. The van der Waals surface area contributed by atoms with Crippen LogP contribution in [-0.2, 0) is 6.54 Å². The molecule has 2 nitrogen and oxygen atoms in total. The third-order valence-corrected chi connectivity index (χ3v) is 9.33. The minimum atomic E-state index is -1.22. The second-order valence-electron chi connectivity index (χ2n) is 12.0. The zero-order chi connectivity index (χ0) is 29.2. The lowest BCUT2D eigenvalue weighted by Crippen LogP contribution is -2.74. The molecule has 0 unspecified atom stereocenters. The summed E-state index contributed by atoms with van der Waals surface area (Å²) in [5.74, 6) is 1.61. The first-order chi connectivity index (χ1) is 21.4. The molecular formula is C40H43BN2. The zero-order valence-corrected chi connectivity index (χ0v) is 25.3. The summed E-state index contributed by atoms with van der Waals surface area (Å²) in [7, 11) is 0. The molecule has 0 N–H and O–H groups in total. The van der Waals surface area contributed by atoms with Gasteiger partial charge in [0.25, 0.3) is 0 Å². The molecular weight excluding hydrogens is 519 g/mol. The molecule has 0 aromatic heterocycles. The second kappa shape index (κ2) is 14.2. The topological polar surface area (TPSA) is 6.25 Å². The van der Waals surface area contributed by atoms with Crippen LogP contribution in [0.3, 0.4) is 0 Å². The standard InChI is InChI=1S/C24H20B.C16H23N2/c1-5-13-21(14-6-1)25(22-15-7-2-8-16-22,23-17-9-3-10-18-23)24-19-11-4-12-20-24;1-3-8-15(9-4-1)14-18-13-7-12-17-11-6-2-5-10-16(17)18/h1-20H;1,3-4,8-9H,2,5-7,10-14H2/q-1;+1. The van der Waals surface area contributed by atoms with E-state index in [2.05, 4.69) is 161 Å². The summed E-state index contributed by atoms with van der Waals surface area (Å²) in [6.45, 7) is 4.88. The highest BCUT2D eigenvalue weighted by atomic mass is 15.3. The van der Waals surface area contributed by atoms with Gasteiger partial charge in [0.15, 0.2) is 0 Å². The number of amidine groups is 1. The quantitative estimate of drug-likeness (QED) is 0.183. The first-order valence-corrected chi connectivity index (χ1v) is 16.1. The summed E-state index contributed by atoms with van der Waals surface area (Å²) < 4.78 is 2.62. The molecule has 0 bridgehead atoms. The largest absolute Gasteiger partial charge is 0.266 e. The van der Waals surface area contributed by atoms with Gasteiger partial charge in [0.05, 0.1) is 19.6 Å². The number of rotatable bonds is 6. The Morgan fingerprint density at radius 3 is 1.35 bits per heavy atom. The molecule has 0 atom stereocenters. The Balaban J connectivity index is 0.000000162. The molecule has 0 amide bonds. The first kappa shape index (κ1) is 28.7. The molecule has 3 heteroatoms. The summed E-state index contributed by atoms with van der Waals surface area (Å²) in [6, 6.07) is 54.4. The van der Waals surface area contributed by atoms with E-state index in [1.165, 1.54) is 79.2 Å². The lowest BCUT2D eigenvalue weighted by molar-refractivity contribution is -0.555. The smallest absolute Gasteiger partial charge is 0.247 e. The minimum absolute atomic E-state index is 1.09. The van der Waals surface area contributed by atoms with Gasteiger partial charge >= 0.3 is 0 Å². The van der Waals surface area contributed by atoms with Crippen molar-refractivity contribution in [3.05, 3.63) is 157 Å². The van der Waals surface area contributed by atoms with E-state index in [1.807, 2.05) is 0 Å². The molecule has 5 aromatic carbocycles. The Morgan fingerprint density at radius 2 is 0.884 bits per heavy atom. The molecule has 0 saturated carbocycles. The van der Waals surface area contributed by atoms with Gasteiger partial charge < -0.3 is 0 Å². The van der Waals surface area contributed by atoms with E-state index >= 15 is 0 Å². The van der Waals surface area contributed by atoms with Crippen molar-refractivity contribution in [2.75, 3.05) is 19.6 Å². The molecule has 2 aliphatic heterocycles. The van der Waals surface area contributed by atoms with Crippen molar-refractivity contribution in [2.45, 2.75) is 38.6 Å². The SMILES string of the molecule is c1ccc(C[N+]2=C3CCCCCN3CCC2)cc1.c1ccc([B-](c2ccccc2)(c2ccccc2)c2ccccc2)cc1. The minimum Gasteiger partial charge on any atom is -0.266 e. The number of nitrogens with zero attached hydrogens (tertiary/aromatic N) is 2. The maximum atomic E-state index is 2.64. The lowest BCUT2D eigenvalue weighted by Gasteiger charge is -2.44. The summed E-state index contributed by atoms with van der Waals surface area (Å²) in [4.78, 5) is 2.64. The molecule has 0 spiro atoms. The van der Waals surface area contributed by atoms with E-state index in [-0.39, 0.29) is 0 Å². The average Bonchev–Trinajstić information content (AvgIpc) is 3.35. The highest BCUT2D eigenvalue weighted by Gasteiger charge is 2.31. The lowest BCUT2D eigenvalue weighted by atomic mass is 9.13. The van der Waals surface area contributed by atoms with Gasteiger partial charge in [-0.3, -0.25) is 9.48 Å². The highest BCUT2D eigenvalue weighted by molar-refractivity contribution is 7.19. The molecule has 0 radical (unpaired) electrons. The maximum Gasteiger partial charge on any atom is 0.247 e. The predicted octanol–water partition coefficient (Wildman–Crippen LogP) is 5.94. The monoisotopic (exact) mass is 562 g/mol. The van der Waals surface area contributed by atoms with E-state index in [0.29, 0.717) is 0 Å². The Kier molecular flexibility index (Phi) is 9.49. The molecule has 5 aromatic rings. The number of fused-ring (bicyclic) bond motifs is 1. The Morgan fingerprint density at radius 1 is 0.465 bits per heavy atom. The molecule has 216 valence electrons. The molecule has 2 aliphatic rings. The summed E-state index contributed by atoms with van der Waals surface area (Å²) in [5.41, 5.74) is 6.80. The molecule has 1 fully saturated rings. The van der Waals surface area contributed by atoms with Crippen molar-refractivity contribution in [2.24, 2.45) is 0 Å². The van der Waals surface area contributed by atoms with Crippen LogP contribution in [0.25, 0.3) is 0 Å². The van der Waals surface area contributed by atoms with Crippen LogP contribution >= 0.6 is 0 Å². The van der Waals surface area contributed by atoms with E-state index < -0.39 is 6.15 Å². The van der Waals surface area contributed by atoms with Crippen LogP contribution in [0, 0.1) is 0 Å². The summed E-state index contributed by atoms with van der Waals surface area (Å²) >= 11 is 0. The Bertz CT molecular complexity index is 1410. The first-order valence-electron chi connectivity index (χ1n) is 16.1. The number of hydrogen-bond donors (Lipinski definition) is 0. The van der Waals surface area contributed by atoms with Crippen LogP contribution in [-0.4, -0.2) is 41.1 Å². The molecule has 2 heterocycles. The summed E-state index contributed by atoms with van der Waals surface area (Å²) in [5, 5.41) is 0. The van der Waals surface area contributed by atoms with Gasteiger partial charge in [0.2, 0.25) is 5.84 Å². The van der Waals surface area contributed by atoms with Crippen molar-refractivity contribution in [3.63, 3.8) is 0 Å². The number of benzene rings is 5. The Hall–Kier alpha value is -4.37. The van der Waals surface area contributed by atoms with Crippen molar-refractivity contribution >= 4 is 33.8 Å². The third-order valence-electron chi connectivity index (χ3n) is 9.33. The summed E-state index contributed by atoms with van der Waals surface area (Å²) in [6.07, 6.45) is 5.54. The van der Waals surface area contributed by atoms with Gasteiger partial charge in [-0.05, 0) is 24.8 Å². The van der Waals surface area contributed by atoms with Gasteiger partial charge in [0.1, 0.15) is 12.7 Å². The molecule has 43 heavy (non-hydrogen) atoms. The van der Waals surface area contributed by atoms with Crippen molar-refractivity contribution < 1.29 is 4.58 Å². The number of hydrogen-bond acceptors (Lipinski definition) is 1. The predicted molar refractivity (Wildman–Crippen MR) is 185 cm³/mol. The van der Waals surface area contributed by atoms with Crippen molar-refractivity contribution in [1.82, 2.24) is 4.90 Å². The van der Waals surface area contributed by atoms with Crippen LogP contribution in [0.5, 0.6) is 0 Å². The fourth-order valence-corrected chi connectivity index (χ4v) is 7.33. The fourth-order valence-electron chi connectivity index (χ4n) is 7.33. The van der Waals surface area contributed by atoms with E-state index in [1.54, 1.807) is 5.84 Å². The fraction of sp³-hybridized carbons (Fsp3) is 0.225. The zero-order valence-electron chi connectivity index (χ0n) is 25.3. The Labute approximate surface area is 258 Å². The van der Waals surface area contributed by atoms with E-state index in [0.717, 1.165) is 6.54 Å². The normalized spacial score (nSPS) is 15.1. The van der Waals surface area contributed by atoms with Crippen molar-refractivity contribution in [1.29, 1.82) is 0 Å². The van der Waals surface area contributed by atoms with Gasteiger partial charge in [-0.1, -0.05) is 152 Å². The highest BCUT2D eigenvalue weighted by Crippen LogP contribution is 2.17. The van der Waals surface area contributed by atoms with Crippen molar-refractivity contribution in [3.8, 4) is 0 Å². The third kappa shape index (κ3) is 6.52. The van der Waals surface area contributed by atoms with Gasteiger partial charge in [0, 0.05) is 12.8 Å².